The number of nitrogens with zero attached hydrogens (tertiary/aromatic N) is 2. The Morgan fingerprint density at radius 3 is 2.31 bits per heavy atom. The molecule has 26 heavy (non-hydrogen) atoms. The van der Waals surface area contributed by atoms with Crippen molar-refractivity contribution in [1.29, 1.82) is 0 Å². The third-order valence-electron chi connectivity index (χ3n) is 4.66. The smallest absolute Gasteiger partial charge is 0.264 e. The minimum Gasteiger partial charge on any atom is -0.339 e. The fourth-order valence-corrected chi connectivity index (χ4v) is 4.46. The number of halogens is 1. The van der Waals surface area contributed by atoms with Crippen LogP contribution < -0.4 is 4.31 Å². The Morgan fingerprint density at radius 1 is 1.08 bits per heavy atom. The highest BCUT2D eigenvalue weighted by molar-refractivity contribution is 7.92. The fraction of sp³-hybridized carbons (Fsp3) is 0.316. The van der Waals surface area contributed by atoms with Gasteiger partial charge in [-0.1, -0.05) is 17.7 Å². The van der Waals surface area contributed by atoms with Crippen LogP contribution in [0.2, 0.25) is 5.02 Å². The number of sulfonamides is 1. The molecule has 5 nitrogen and oxygen atoms in total. The van der Waals surface area contributed by atoms with E-state index in [1.165, 1.54) is 23.5 Å². The van der Waals surface area contributed by atoms with Gasteiger partial charge in [-0.15, -0.1) is 0 Å². The quantitative estimate of drug-likeness (QED) is 0.796. The molecule has 0 saturated carbocycles. The minimum absolute atomic E-state index is 0.0546. The Hall–Kier alpha value is -2.05. The van der Waals surface area contributed by atoms with Crippen molar-refractivity contribution in [2.75, 3.05) is 24.4 Å². The van der Waals surface area contributed by atoms with Crippen molar-refractivity contribution in [3.8, 4) is 0 Å². The molecule has 1 heterocycles. The zero-order chi connectivity index (χ0) is 18.9. The molecule has 2 aromatic carbocycles. The van der Waals surface area contributed by atoms with E-state index in [1.54, 1.807) is 30.3 Å². The van der Waals surface area contributed by atoms with Crippen molar-refractivity contribution in [3.63, 3.8) is 0 Å². The molecule has 0 spiro atoms. The van der Waals surface area contributed by atoms with Gasteiger partial charge in [0.15, 0.2) is 0 Å². The van der Waals surface area contributed by atoms with Gasteiger partial charge in [0.1, 0.15) is 0 Å². The van der Waals surface area contributed by atoms with Gasteiger partial charge < -0.3 is 4.90 Å². The molecule has 0 aromatic heterocycles. The van der Waals surface area contributed by atoms with Gasteiger partial charge in [0.25, 0.3) is 15.9 Å². The fourth-order valence-electron chi connectivity index (χ4n) is 3.08. The van der Waals surface area contributed by atoms with Crippen molar-refractivity contribution in [1.82, 2.24) is 4.90 Å². The number of anilines is 1. The third-order valence-corrected chi connectivity index (χ3v) is 6.70. The molecule has 3 rings (SSSR count). The second-order valence-electron chi connectivity index (χ2n) is 6.43. The number of benzene rings is 2. The van der Waals surface area contributed by atoms with Crippen molar-refractivity contribution in [2.45, 2.75) is 24.7 Å². The molecule has 7 heteroatoms. The predicted molar refractivity (Wildman–Crippen MR) is 103 cm³/mol. The molecule has 1 aliphatic rings. The Labute approximate surface area is 159 Å². The Kier molecular flexibility index (Phi) is 5.25. The van der Waals surface area contributed by atoms with Crippen LogP contribution in [-0.4, -0.2) is 39.4 Å². The lowest BCUT2D eigenvalue weighted by Crippen LogP contribution is -2.29. The molecule has 0 aliphatic carbocycles. The predicted octanol–water partition coefficient (Wildman–Crippen LogP) is 3.71. The lowest BCUT2D eigenvalue weighted by Gasteiger charge is -2.23. The van der Waals surface area contributed by atoms with Gasteiger partial charge in [-0.05, 0) is 61.7 Å². The van der Waals surface area contributed by atoms with Gasteiger partial charge in [0.05, 0.1) is 10.6 Å². The molecule has 1 amide bonds. The van der Waals surface area contributed by atoms with E-state index < -0.39 is 10.0 Å². The number of aryl methyl sites for hydroxylation is 1. The number of carbonyl (C=O) groups is 1. The van der Waals surface area contributed by atoms with E-state index in [1.807, 2.05) is 11.8 Å². The first kappa shape index (κ1) is 18.7. The first-order chi connectivity index (χ1) is 12.3. The summed E-state index contributed by atoms with van der Waals surface area (Å²) in [5.41, 5.74) is 1.78. The van der Waals surface area contributed by atoms with Crippen LogP contribution in [0.15, 0.2) is 47.4 Å². The normalized spacial score (nSPS) is 14.5. The first-order valence-electron chi connectivity index (χ1n) is 8.45. The summed E-state index contributed by atoms with van der Waals surface area (Å²) >= 11 is 5.85. The summed E-state index contributed by atoms with van der Waals surface area (Å²) in [5.74, 6) is -0.0546. The SMILES string of the molecule is Cc1ccc(C(=O)N2CCCC2)cc1N(C)S(=O)(=O)c1ccc(Cl)cc1. The molecule has 0 radical (unpaired) electrons. The van der Waals surface area contributed by atoms with Crippen LogP contribution in [0.25, 0.3) is 0 Å². The molecule has 0 N–H and O–H groups in total. The lowest BCUT2D eigenvalue weighted by molar-refractivity contribution is 0.0793. The maximum Gasteiger partial charge on any atom is 0.264 e. The molecule has 2 aromatic rings. The lowest BCUT2D eigenvalue weighted by atomic mass is 10.1. The van der Waals surface area contributed by atoms with E-state index in [4.69, 9.17) is 11.6 Å². The van der Waals surface area contributed by atoms with Gasteiger partial charge in [0, 0.05) is 30.7 Å². The van der Waals surface area contributed by atoms with Crippen molar-refractivity contribution >= 4 is 33.2 Å². The minimum atomic E-state index is -3.74. The van der Waals surface area contributed by atoms with Crippen LogP contribution >= 0.6 is 11.6 Å². The summed E-state index contributed by atoms with van der Waals surface area (Å²) in [6, 6.07) is 11.2. The highest BCUT2D eigenvalue weighted by Crippen LogP contribution is 2.28. The molecule has 1 fully saturated rings. The van der Waals surface area contributed by atoms with E-state index in [2.05, 4.69) is 0 Å². The number of rotatable bonds is 4. The van der Waals surface area contributed by atoms with Crippen LogP contribution in [-0.2, 0) is 10.0 Å². The van der Waals surface area contributed by atoms with Gasteiger partial charge >= 0.3 is 0 Å². The number of likely N-dealkylation sites (tertiary alicyclic amines) is 1. The molecule has 1 saturated heterocycles. The Balaban J connectivity index is 1.95. The first-order valence-corrected chi connectivity index (χ1v) is 10.3. The summed E-state index contributed by atoms with van der Waals surface area (Å²) < 4.78 is 27.1. The Bertz CT molecular complexity index is 920. The standard InChI is InChI=1S/C19H21ClN2O3S/c1-14-5-6-15(19(23)22-11-3-4-12-22)13-18(14)21(2)26(24,25)17-9-7-16(20)8-10-17/h5-10,13H,3-4,11-12H2,1-2H3. The number of carbonyl (C=O) groups excluding carboxylic acids is 1. The molecule has 1 aliphatic heterocycles. The topological polar surface area (TPSA) is 57.7 Å². The zero-order valence-corrected chi connectivity index (χ0v) is 16.3. The summed E-state index contributed by atoms with van der Waals surface area (Å²) in [4.78, 5) is 14.6. The van der Waals surface area contributed by atoms with Crippen LogP contribution in [0, 0.1) is 6.92 Å². The molecule has 0 unspecified atom stereocenters. The van der Waals surface area contributed by atoms with Gasteiger partial charge in [-0.3, -0.25) is 9.10 Å². The van der Waals surface area contributed by atoms with Crippen molar-refractivity contribution in [3.05, 3.63) is 58.6 Å². The maximum atomic E-state index is 12.9. The Morgan fingerprint density at radius 2 is 1.69 bits per heavy atom. The highest BCUT2D eigenvalue weighted by Gasteiger charge is 2.25. The maximum absolute atomic E-state index is 12.9. The molecule has 138 valence electrons. The second-order valence-corrected chi connectivity index (χ2v) is 8.83. The third kappa shape index (κ3) is 3.57. The van der Waals surface area contributed by atoms with E-state index >= 15 is 0 Å². The van der Waals surface area contributed by atoms with E-state index in [9.17, 15) is 13.2 Å². The van der Waals surface area contributed by atoms with E-state index in [0.29, 0.717) is 16.3 Å². The van der Waals surface area contributed by atoms with Crippen molar-refractivity contribution in [2.24, 2.45) is 0 Å². The van der Waals surface area contributed by atoms with Crippen LogP contribution in [0.3, 0.4) is 0 Å². The summed E-state index contributed by atoms with van der Waals surface area (Å²) in [6.07, 6.45) is 2.02. The van der Waals surface area contributed by atoms with Crippen LogP contribution in [0.1, 0.15) is 28.8 Å². The van der Waals surface area contributed by atoms with Gasteiger partial charge in [-0.25, -0.2) is 8.42 Å². The van der Waals surface area contributed by atoms with Gasteiger partial charge in [0.2, 0.25) is 0 Å². The van der Waals surface area contributed by atoms with E-state index in [-0.39, 0.29) is 10.8 Å². The second kappa shape index (κ2) is 7.29. The molecular weight excluding hydrogens is 372 g/mol. The average molecular weight is 393 g/mol. The summed E-state index contributed by atoms with van der Waals surface area (Å²) in [6.45, 7) is 3.33. The van der Waals surface area contributed by atoms with E-state index in [0.717, 1.165) is 31.5 Å². The summed E-state index contributed by atoms with van der Waals surface area (Å²) in [5, 5.41) is 0.473. The number of hydrogen-bond donors (Lipinski definition) is 0. The number of amides is 1. The number of hydrogen-bond acceptors (Lipinski definition) is 3. The van der Waals surface area contributed by atoms with Crippen LogP contribution in [0.5, 0.6) is 0 Å². The monoisotopic (exact) mass is 392 g/mol. The van der Waals surface area contributed by atoms with Crippen LogP contribution in [0.4, 0.5) is 5.69 Å². The van der Waals surface area contributed by atoms with Gasteiger partial charge in [-0.2, -0.15) is 0 Å². The molecule has 0 atom stereocenters. The van der Waals surface area contributed by atoms with Crippen molar-refractivity contribution < 1.29 is 13.2 Å². The largest absolute Gasteiger partial charge is 0.339 e. The zero-order valence-electron chi connectivity index (χ0n) is 14.8. The molecule has 0 bridgehead atoms. The molecular formula is C19H21ClN2O3S. The average Bonchev–Trinajstić information content (AvgIpc) is 3.16. The highest BCUT2D eigenvalue weighted by atomic mass is 35.5. The summed E-state index contributed by atoms with van der Waals surface area (Å²) in [7, 11) is -2.25.